The first-order chi connectivity index (χ1) is 22.4. The number of carbonyl (C=O) groups excluding carboxylic acids is 3. The number of hydrogen-bond acceptors (Lipinski definition) is 13. The predicted molar refractivity (Wildman–Crippen MR) is 185 cm³/mol. The molecule has 49 heavy (non-hydrogen) atoms. The molecular formula is C34H46BN7O7. The number of aryl methyl sites for hydroxylation is 3. The Morgan fingerprint density at radius 3 is 1.90 bits per heavy atom. The molecule has 1 atom stereocenters. The molecule has 3 N–H and O–H groups in total. The zero-order valence-corrected chi connectivity index (χ0v) is 27.2. The summed E-state index contributed by atoms with van der Waals surface area (Å²) in [5.74, 6) is 0.930. The number of aliphatic hydroxyl groups is 1. The van der Waals surface area contributed by atoms with Crippen molar-refractivity contribution in [1.29, 1.82) is 0 Å². The van der Waals surface area contributed by atoms with Crippen LogP contribution in [-0.4, -0.2) is 71.4 Å². The minimum atomic E-state index is -1.04. The van der Waals surface area contributed by atoms with Gasteiger partial charge < -0.3 is 24.8 Å². The molecule has 0 aliphatic carbocycles. The van der Waals surface area contributed by atoms with E-state index in [1.165, 1.54) is 12.4 Å². The summed E-state index contributed by atoms with van der Waals surface area (Å²) in [7, 11) is -1.04. The van der Waals surface area contributed by atoms with E-state index in [4.69, 9.17) is 14.5 Å². The number of rotatable bonds is 8. The summed E-state index contributed by atoms with van der Waals surface area (Å²) in [6, 6.07) is 2.62. The minimum Gasteiger partial charge on any atom is -0.459 e. The predicted octanol–water partition coefficient (Wildman–Crippen LogP) is 2.96. The fourth-order valence-electron chi connectivity index (χ4n) is 4.17. The van der Waals surface area contributed by atoms with E-state index in [1.807, 2.05) is 13.8 Å². The molecule has 0 saturated carbocycles. The number of carbonyl (C=O) groups is 3. The Bertz CT molecular complexity index is 1640. The molecule has 4 heterocycles. The van der Waals surface area contributed by atoms with Crippen LogP contribution in [0, 0.1) is 33.6 Å². The van der Waals surface area contributed by atoms with Gasteiger partial charge in [0.05, 0.1) is 18.8 Å². The van der Waals surface area contributed by atoms with Gasteiger partial charge in [0, 0.05) is 53.9 Å². The SMILES string of the molecule is C.C.Cc1ncc(C=O)cn1.Cc1ncc(CO)cn1.Cc1ncc(COC(=O)[C@@H](NC(=O)c2ccc3c(c2C)B(O)OC3)C(C)C)cn1. The minimum absolute atomic E-state index is 0. The number of esters is 1. The van der Waals surface area contributed by atoms with Gasteiger partial charge in [0.25, 0.3) is 5.91 Å². The van der Waals surface area contributed by atoms with Crippen LogP contribution >= 0.6 is 0 Å². The Labute approximate surface area is 288 Å². The van der Waals surface area contributed by atoms with Crippen LogP contribution in [0.3, 0.4) is 0 Å². The molecule has 262 valence electrons. The van der Waals surface area contributed by atoms with Crippen molar-refractivity contribution in [2.45, 2.75) is 82.3 Å². The van der Waals surface area contributed by atoms with Crippen LogP contribution in [0.2, 0.25) is 0 Å². The van der Waals surface area contributed by atoms with E-state index in [0.29, 0.717) is 46.0 Å². The van der Waals surface area contributed by atoms with Crippen molar-refractivity contribution in [2.24, 2.45) is 5.92 Å². The number of hydrogen-bond donors (Lipinski definition) is 3. The molecule has 0 saturated heterocycles. The Morgan fingerprint density at radius 1 is 0.898 bits per heavy atom. The van der Waals surface area contributed by atoms with Crippen molar-refractivity contribution in [1.82, 2.24) is 35.2 Å². The topological polar surface area (TPSA) is 200 Å². The van der Waals surface area contributed by atoms with E-state index in [2.05, 4.69) is 35.2 Å². The molecule has 4 aromatic rings. The summed E-state index contributed by atoms with van der Waals surface area (Å²) in [5.41, 5.74) is 4.42. The number of aldehydes is 1. The zero-order valence-electron chi connectivity index (χ0n) is 27.2. The maximum absolute atomic E-state index is 12.8. The van der Waals surface area contributed by atoms with Gasteiger partial charge in [0.1, 0.15) is 30.1 Å². The van der Waals surface area contributed by atoms with E-state index >= 15 is 0 Å². The second kappa shape index (κ2) is 20.4. The lowest BCUT2D eigenvalue weighted by molar-refractivity contribution is -0.148. The molecule has 14 nitrogen and oxygen atoms in total. The highest BCUT2D eigenvalue weighted by Gasteiger charge is 2.32. The van der Waals surface area contributed by atoms with Crippen LogP contribution in [0.25, 0.3) is 0 Å². The molecule has 0 spiro atoms. The molecule has 3 aromatic heterocycles. The molecule has 15 heteroatoms. The Hall–Kier alpha value is -4.99. The molecule has 0 fully saturated rings. The van der Waals surface area contributed by atoms with E-state index in [-0.39, 0.29) is 34.0 Å². The van der Waals surface area contributed by atoms with E-state index in [1.54, 1.807) is 64.6 Å². The lowest BCUT2D eigenvalue weighted by Gasteiger charge is -2.21. The smallest absolute Gasteiger partial charge is 0.459 e. The monoisotopic (exact) mass is 675 g/mol. The second-order valence-electron chi connectivity index (χ2n) is 10.9. The van der Waals surface area contributed by atoms with Gasteiger partial charge in [-0.15, -0.1) is 0 Å². The molecule has 1 aliphatic heterocycles. The van der Waals surface area contributed by atoms with Crippen LogP contribution in [0.4, 0.5) is 0 Å². The van der Waals surface area contributed by atoms with Crippen molar-refractivity contribution in [3.05, 3.63) is 100 Å². The van der Waals surface area contributed by atoms with Crippen molar-refractivity contribution >= 4 is 30.7 Å². The average molecular weight is 676 g/mol. The first-order valence-electron chi connectivity index (χ1n) is 14.7. The fraction of sp³-hybridized carbons (Fsp3) is 0.382. The van der Waals surface area contributed by atoms with Crippen LogP contribution < -0.4 is 10.8 Å². The second-order valence-corrected chi connectivity index (χ2v) is 10.9. The number of fused-ring (bicyclic) bond motifs is 1. The molecule has 1 aromatic carbocycles. The van der Waals surface area contributed by atoms with Crippen LogP contribution in [0.5, 0.6) is 0 Å². The molecule has 5 rings (SSSR count). The van der Waals surface area contributed by atoms with Crippen LogP contribution in [0.15, 0.2) is 49.3 Å². The summed E-state index contributed by atoms with van der Waals surface area (Å²) < 4.78 is 10.6. The van der Waals surface area contributed by atoms with Crippen molar-refractivity contribution < 1.29 is 33.9 Å². The summed E-state index contributed by atoms with van der Waals surface area (Å²) >= 11 is 0. The highest BCUT2D eigenvalue weighted by atomic mass is 16.5. The maximum Gasteiger partial charge on any atom is 0.492 e. The van der Waals surface area contributed by atoms with Crippen LogP contribution in [0.1, 0.15) is 89.1 Å². The first-order valence-corrected chi connectivity index (χ1v) is 14.7. The van der Waals surface area contributed by atoms with Crippen molar-refractivity contribution in [3.8, 4) is 0 Å². The Kier molecular flexibility index (Phi) is 17.5. The zero-order chi connectivity index (χ0) is 34.5. The molecular weight excluding hydrogens is 629 g/mol. The summed E-state index contributed by atoms with van der Waals surface area (Å²) in [6.45, 7) is 11.1. The third kappa shape index (κ3) is 12.5. The van der Waals surface area contributed by atoms with Gasteiger partial charge in [-0.3, -0.25) is 9.59 Å². The number of amides is 1. The third-order valence-electron chi connectivity index (χ3n) is 6.87. The number of nitrogens with one attached hydrogen (secondary N) is 1. The van der Waals surface area contributed by atoms with Gasteiger partial charge in [-0.25, -0.2) is 34.7 Å². The van der Waals surface area contributed by atoms with E-state index in [0.717, 1.165) is 23.2 Å². The highest BCUT2D eigenvalue weighted by Crippen LogP contribution is 2.17. The van der Waals surface area contributed by atoms with Gasteiger partial charge >= 0.3 is 13.1 Å². The lowest BCUT2D eigenvalue weighted by Crippen LogP contribution is -2.46. The maximum atomic E-state index is 12.8. The Balaban J connectivity index is 0.000000490. The molecule has 0 radical (unpaired) electrons. The van der Waals surface area contributed by atoms with Crippen LogP contribution in [-0.2, 0) is 34.0 Å². The van der Waals surface area contributed by atoms with Gasteiger partial charge in [0.2, 0.25) is 0 Å². The normalized spacial score (nSPS) is 11.7. The Morgan fingerprint density at radius 2 is 1.41 bits per heavy atom. The van der Waals surface area contributed by atoms with Gasteiger partial charge in [-0.2, -0.15) is 0 Å². The van der Waals surface area contributed by atoms with Gasteiger partial charge in [-0.1, -0.05) is 34.8 Å². The summed E-state index contributed by atoms with van der Waals surface area (Å²) in [5, 5.41) is 21.3. The fourth-order valence-corrected chi connectivity index (χ4v) is 4.17. The van der Waals surface area contributed by atoms with Gasteiger partial charge in [-0.05, 0) is 56.3 Å². The van der Waals surface area contributed by atoms with E-state index < -0.39 is 25.0 Å². The molecule has 1 aliphatic rings. The summed E-state index contributed by atoms with van der Waals surface area (Å²) in [4.78, 5) is 59.0. The number of benzene rings is 1. The standard InChI is InChI=1S/C20H24BN3O5.C6H8N2O.C6H6N2O.2CH4/c1-11(2)18(20(26)28-9-14-7-22-13(4)23-8-14)24-19(25)16-6-5-15-10-29-21(27)17(15)12(16)3;2*1-5-7-2-6(4-9)3-8-5;;/h5-8,11,18,27H,9-10H2,1-4H3,(H,24,25);2-3,9H,4H2,1H3;2-4H,1H3;2*1H4/t18-;;;;/m0..../s1. The first kappa shape index (κ1) is 42.0. The third-order valence-corrected chi connectivity index (χ3v) is 6.87. The molecule has 1 amide bonds. The van der Waals surface area contributed by atoms with Gasteiger partial charge in [0.15, 0.2) is 6.29 Å². The van der Waals surface area contributed by atoms with Crippen molar-refractivity contribution in [3.63, 3.8) is 0 Å². The quantitative estimate of drug-likeness (QED) is 0.140. The highest BCUT2D eigenvalue weighted by molar-refractivity contribution is 6.62. The molecule has 0 unspecified atom stereocenters. The number of nitrogens with zero attached hydrogens (tertiary/aromatic N) is 6. The number of ether oxygens (including phenoxy) is 1. The lowest BCUT2D eigenvalue weighted by atomic mass is 9.75. The molecule has 0 bridgehead atoms. The van der Waals surface area contributed by atoms with Crippen molar-refractivity contribution in [2.75, 3.05) is 0 Å². The van der Waals surface area contributed by atoms with E-state index in [9.17, 15) is 19.4 Å². The summed E-state index contributed by atoms with van der Waals surface area (Å²) in [6.07, 6.45) is 10.1. The largest absolute Gasteiger partial charge is 0.492 e. The number of aliphatic hydroxyl groups excluding tert-OH is 1. The number of aromatic nitrogens is 6. The average Bonchev–Trinajstić information content (AvgIpc) is 3.45.